The van der Waals surface area contributed by atoms with Crippen LogP contribution in [0.1, 0.15) is 22.5 Å². The molecule has 0 radical (unpaired) electrons. The van der Waals surface area contributed by atoms with Crippen LogP contribution >= 0.6 is 0 Å². The fraction of sp³-hybridized carbons (Fsp3) is 0.200. The van der Waals surface area contributed by atoms with E-state index in [1.165, 1.54) is 11.2 Å². The molecule has 1 amide bonds. The highest BCUT2D eigenvalue weighted by molar-refractivity contribution is 6.08. The van der Waals surface area contributed by atoms with E-state index in [4.69, 9.17) is 15.3 Å². The Morgan fingerprint density at radius 3 is 2.57 bits per heavy atom. The van der Waals surface area contributed by atoms with E-state index in [9.17, 15) is 9.59 Å². The molecule has 3 N–H and O–H groups in total. The van der Waals surface area contributed by atoms with Crippen LogP contribution in [-0.2, 0) is 4.79 Å². The number of para-hydroxylation sites is 2. The van der Waals surface area contributed by atoms with Crippen LogP contribution in [0.25, 0.3) is 0 Å². The Kier molecular flexibility index (Phi) is 4.27. The number of nitrogens with zero attached hydrogens (tertiary/aromatic N) is 1. The normalized spacial score (nSPS) is 10.3. The summed E-state index contributed by atoms with van der Waals surface area (Å²) < 4.78 is 5.13. The van der Waals surface area contributed by atoms with Crippen molar-refractivity contribution in [1.82, 2.24) is 0 Å². The van der Waals surface area contributed by atoms with Crippen molar-refractivity contribution in [2.75, 3.05) is 17.2 Å². The summed E-state index contributed by atoms with van der Waals surface area (Å²) in [7, 11) is 0. The maximum absolute atomic E-state index is 12.6. The third kappa shape index (κ3) is 3.22. The molecule has 0 fully saturated rings. The van der Waals surface area contributed by atoms with Gasteiger partial charge in [-0.3, -0.25) is 9.59 Å². The monoisotopic (exact) mass is 288 g/mol. The first kappa shape index (κ1) is 14.6. The fourth-order valence-corrected chi connectivity index (χ4v) is 2.02. The Balaban J connectivity index is 2.37. The zero-order valence-corrected chi connectivity index (χ0v) is 11.6. The zero-order chi connectivity index (χ0) is 15.4. The van der Waals surface area contributed by atoms with E-state index in [1.54, 1.807) is 37.3 Å². The Morgan fingerprint density at radius 2 is 2.00 bits per heavy atom. The molecule has 2 rings (SSSR count). The Hall–Kier alpha value is -2.76. The summed E-state index contributed by atoms with van der Waals surface area (Å²) >= 11 is 0. The minimum atomic E-state index is -0.980. The summed E-state index contributed by atoms with van der Waals surface area (Å²) in [5.41, 5.74) is 7.19. The van der Waals surface area contributed by atoms with E-state index < -0.39 is 5.97 Å². The summed E-state index contributed by atoms with van der Waals surface area (Å²) in [4.78, 5) is 24.8. The van der Waals surface area contributed by atoms with Crippen molar-refractivity contribution < 1.29 is 19.1 Å². The van der Waals surface area contributed by atoms with Gasteiger partial charge in [-0.15, -0.1) is 0 Å². The van der Waals surface area contributed by atoms with Crippen LogP contribution in [0, 0.1) is 6.92 Å². The summed E-state index contributed by atoms with van der Waals surface area (Å²) in [6, 6.07) is 8.41. The van der Waals surface area contributed by atoms with Gasteiger partial charge in [-0.1, -0.05) is 12.1 Å². The van der Waals surface area contributed by atoms with Crippen LogP contribution in [0.3, 0.4) is 0 Å². The van der Waals surface area contributed by atoms with Crippen LogP contribution in [0.4, 0.5) is 11.4 Å². The lowest BCUT2D eigenvalue weighted by molar-refractivity contribution is -0.136. The van der Waals surface area contributed by atoms with E-state index in [0.717, 1.165) is 0 Å². The number of carbonyl (C=O) groups is 2. The molecule has 1 heterocycles. The number of carbonyl (C=O) groups excluding carboxylic acids is 1. The molecule has 0 aliphatic heterocycles. The number of carboxylic acids is 1. The van der Waals surface area contributed by atoms with Crippen molar-refractivity contribution in [3.05, 3.63) is 47.9 Å². The van der Waals surface area contributed by atoms with Crippen LogP contribution in [-0.4, -0.2) is 23.5 Å². The molecule has 1 aromatic heterocycles. The number of anilines is 2. The highest BCUT2D eigenvalue weighted by Gasteiger charge is 2.22. The number of hydrogen-bond acceptors (Lipinski definition) is 4. The second kappa shape index (κ2) is 6.13. The van der Waals surface area contributed by atoms with Crippen molar-refractivity contribution >= 4 is 23.3 Å². The van der Waals surface area contributed by atoms with Crippen LogP contribution < -0.4 is 10.6 Å². The highest BCUT2D eigenvalue weighted by atomic mass is 16.4. The summed E-state index contributed by atoms with van der Waals surface area (Å²) in [6.45, 7) is 1.71. The third-order valence-electron chi connectivity index (χ3n) is 3.11. The minimum Gasteiger partial charge on any atom is -0.481 e. The minimum absolute atomic E-state index is 0.0347. The van der Waals surface area contributed by atoms with Gasteiger partial charge < -0.3 is 20.2 Å². The van der Waals surface area contributed by atoms with Gasteiger partial charge in [0.25, 0.3) is 5.91 Å². The standard InChI is InChI=1S/C15H16N2O4/c1-10-11(7-9-21-10)15(20)17(8-6-14(18)19)13-5-3-2-4-12(13)16/h2-5,7,9H,6,8,16H2,1H3,(H,18,19). The van der Waals surface area contributed by atoms with Gasteiger partial charge in [-0.25, -0.2) is 0 Å². The van der Waals surface area contributed by atoms with E-state index in [2.05, 4.69) is 0 Å². The second-order valence-electron chi connectivity index (χ2n) is 4.55. The molecule has 110 valence electrons. The van der Waals surface area contributed by atoms with Gasteiger partial charge in [0.15, 0.2) is 0 Å². The van der Waals surface area contributed by atoms with E-state index in [-0.39, 0.29) is 18.9 Å². The smallest absolute Gasteiger partial charge is 0.305 e. The molecule has 0 unspecified atom stereocenters. The number of nitrogen functional groups attached to an aromatic ring is 1. The van der Waals surface area contributed by atoms with E-state index >= 15 is 0 Å². The SMILES string of the molecule is Cc1occc1C(=O)N(CCC(=O)O)c1ccccc1N. The van der Waals surface area contributed by atoms with Crippen molar-refractivity contribution in [3.63, 3.8) is 0 Å². The molecule has 6 heteroatoms. The predicted octanol–water partition coefficient (Wildman–Crippen LogP) is 2.29. The highest BCUT2D eigenvalue weighted by Crippen LogP contribution is 2.25. The molecule has 1 aromatic carbocycles. The summed E-state index contributed by atoms with van der Waals surface area (Å²) in [5.74, 6) is -0.832. The molecule has 0 bridgehead atoms. The largest absolute Gasteiger partial charge is 0.481 e. The molecule has 2 aromatic rings. The summed E-state index contributed by atoms with van der Waals surface area (Å²) in [5, 5.41) is 8.86. The Morgan fingerprint density at radius 1 is 1.29 bits per heavy atom. The number of rotatable bonds is 5. The molecule has 0 aliphatic rings. The fourth-order valence-electron chi connectivity index (χ4n) is 2.02. The first-order chi connectivity index (χ1) is 10.0. The molecule has 0 saturated heterocycles. The van der Waals surface area contributed by atoms with Gasteiger partial charge in [0.1, 0.15) is 5.76 Å². The number of hydrogen-bond donors (Lipinski definition) is 2. The van der Waals surface area contributed by atoms with Gasteiger partial charge in [0.2, 0.25) is 0 Å². The topological polar surface area (TPSA) is 96.8 Å². The quantitative estimate of drug-likeness (QED) is 0.823. The number of amides is 1. The average molecular weight is 288 g/mol. The lowest BCUT2D eigenvalue weighted by Gasteiger charge is -2.23. The van der Waals surface area contributed by atoms with Crippen LogP contribution in [0.15, 0.2) is 41.0 Å². The average Bonchev–Trinajstić information content (AvgIpc) is 2.86. The van der Waals surface area contributed by atoms with Crippen LogP contribution in [0.5, 0.6) is 0 Å². The number of benzene rings is 1. The molecule has 6 nitrogen and oxygen atoms in total. The van der Waals surface area contributed by atoms with Gasteiger partial charge in [-0.05, 0) is 25.1 Å². The van der Waals surface area contributed by atoms with E-state index in [0.29, 0.717) is 22.7 Å². The molecule has 0 aliphatic carbocycles. The van der Waals surface area contributed by atoms with E-state index in [1.807, 2.05) is 0 Å². The Bertz CT molecular complexity index is 663. The molecule has 0 saturated carbocycles. The first-order valence-electron chi connectivity index (χ1n) is 6.43. The number of aryl methyl sites for hydroxylation is 1. The van der Waals surface area contributed by atoms with Gasteiger partial charge in [0, 0.05) is 6.54 Å². The molecular weight excluding hydrogens is 272 g/mol. The number of nitrogens with two attached hydrogens (primary N) is 1. The van der Waals surface area contributed by atoms with Gasteiger partial charge in [0.05, 0.1) is 29.6 Å². The third-order valence-corrected chi connectivity index (χ3v) is 3.11. The second-order valence-corrected chi connectivity index (χ2v) is 4.55. The number of furan rings is 1. The first-order valence-corrected chi connectivity index (χ1v) is 6.43. The molecular formula is C15H16N2O4. The Labute approximate surface area is 121 Å². The summed E-state index contributed by atoms with van der Waals surface area (Å²) in [6.07, 6.45) is 1.25. The van der Waals surface area contributed by atoms with Crippen molar-refractivity contribution in [2.24, 2.45) is 0 Å². The number of aliphatic carboxylic acids is 1. The molecule has 21 heavy (non-hydrogen) atoms. The molecule has 0 atom stereocenters. The van der Waals surface area contributed by atoms with Gasteiger partial charge in [-0.2, -0.15) is 0 Å². The van der Waals surface area contributed by atoms with Crippen molar-refractivity contribution in [1.29, 1.82) is 0 Å². The maximum atomic E-state index is 12.6. The lowest BCUT2D eigenvalue weighted by atomic mass is 10.1. The van der Waals surface area contributed by atoms with Crippen LogP contribution in [0.2, 0.25) is 0 Å². The van der Waals surface area contributed by atoms with Crippen molar-refractivity contribution in [2.45, 2.75) is 13.3 Å². The van der Waals surface area contributed by atoms with Gasteiger partial charge >= 0.3 is 5.97 Å². The lowest BCUT2D eigenvalue weighted by Crippen LogP contribution is -2.33. The predicted molar refractivity (Wildman–Crippen MR) is 78.2 cm³/mol. The number of carboxylic acid groups (broad SMARTS) is 1. The zero-order valence-electron chi connectivity index (χ0n) is 11.6. The maximum Gasteiger partial charge on any atom is 0.305 e. The molecule has 0 spiro atoms. The van der Waals surface area contributed by atoms with Crippen molar-refractivity contribution in [3.8, 4) is 0 Å².